The molecule has 0 aliphatic heterocycles. The van der Waals surface area contributed by atoms with Gasteiger partial charge in [-0.3, -0.25) is 0 Å². The van der Waals surface area contributed by atoms with Crippen molar-refractivity contribution in [3.63, 3.8) is 0 Å². The minimum Gasteiger partial charge on any atom is -0.435 e. The molecule has 0 amide bonds. The van der Waals surface area contributed by atoms with Crippen LogP contribution in [0.4, 0.5) is 0 Å². The molecule has 0 aliphatic carbocycles. The quantitative estimate of drug-likeness (QED) is 0.194. The van der Waals surface area contributed by atoms with E-state index in [4.69, 9.17) is 24.4 Å². The van der Waals surface area contributed by atoms with Gasteiger partial charge in [0.1, 0.15) is 5.52 Å². The molecule has 0 atom stereocenters. The highest BCUT2D eigenvalue weighted by molar-refractivity contribution is 7.26. The van der Waals surface area contributed by atoms with Gasteiger partial charge < -0.3 is 4.42 Å². The number of fused-ring (bicyclic) bond motifs is 5. The smallest absolute Gasteiger partial charge is 0.227 e. The number of rotatable bonds is 5. The molecule has 9 rings (SSSR count). The molecule has 216 valence electrons. The van der Waals surface area contributed by atoms with Crippen molar-refractivity contribution in [3.05, 3.63) is 146 Å². The molecular formula is C40H24N4OS. The van der Waals surface area contributed by atoms with E-state index < -0.39 is 0 Å². The molecule has 3 aromatic heterocycles. The second kappa shape index (κ2) is 10.9. The van der Waals surface area contributed by atoms with Gasteiger partial charge in [0.15, 0.2) is 23.1 Å². The average Bonchev–Trinajstić information content (AvgIpc) is 3.74. The van der Waals surface area contributed by atoms with E-state index >= 15 is 0 Å². The Balaban J connectivity index is 1.25. The lowest BCUT2D eigenvalue weighted by molar-refractivity contribution is 0.623. The minimum absolute atomic E-state index is 0.616. The van der Waals surface area contributed by atoms with Gasteiger partial charge in [0.25, 0.3) is 0 Å². The number of thiophene rings is 1. The zero-order chi connectivity index (χ0) is 30.5. The van der Waals surface area contributed by atoms with Gasteiger partial charge in [0.05, 0.1) is 0 Å². The molecular weight excluding hydrogens is 585 g/mol. The van der Waals surface area contributed by atoms with Crippen molar-refractivity contribution in [3.8, 4) is 56.7 Å². The van der Waals surface area contributed by atoms with Crippen LogP contribution in [0.3, 0.4) is 0 Å². The molecule has 9 aromatic rings. The molecule has 6 heteroatoms. The predicted molar refractivity (Wildman–Crippen MR) is 187 cm³/mol. The number of hydrogen-bond acceptors (Lipinski definition) is 6. The number of nitrogens with zero attached hydrogens (tertiary/aromatic N) is 4. The maximum atomic E-state index is 6.50. The Morgan fingerprint density at radius 3 is 1.67 bits per heavy atom. The van der Waals surface area contributed by atoms with E-state index in [0.29, 0.717) is 23.4 Å². The summed E-state index contributed by atoms with van der Waals surface area (Å²) in [6.07, 6.45) is 0. The van der Waals surface area contributed by atoms with Crippen LogP contribution >= 0.6 is 11.3 Å². The van der Waals surface area contributed by atoms with Crippen molar-refractivity contribution in [2.24, 2.45) is 0 Å². The SMILES string of the molecule is c1ccc(-c2nc(-c3ccccc3)nc(-c3cccc(-c4cc5nc(-c6ccccc6)oc5c5c4sc4ccccc45)c3)n2)cc1. The third-order valence-electron chi connectivity index (χ3n) is 8.15. The highest BCUT2D eigenvalue weighted by atomic mass is 32.1. The first-order valence-corrected chi connectivity index (χ1v) is 15.9. The first kappa shape index (κ1) is 26.4. The fraction of sp³-hybridized carbons (Fsp3) is 0. The summed E-state index contributed by atoms with van der Waals surface area (Å²) in [6, 6.07) is 49.3. The standard InChI is InChI=1S/C40H24N4OS/c1-4-13-25(14-5-1)37-42-38(26-15-6-2-7-16-26)44-39(43-37)29-20-12-19-28(23-29)31-24-32-35(45-40(41-32)27-17-8-3-9-18-27)34-30-21-10-11-22-33(30)46-36(31)34/h1-24H. The summed E-state index contributed by atoms with van der Waals surface area (Å²) in [7, 11) is 0. The Morgan fingerprint density at radius 2 is 1.00 bits per heavy atom. The second-order valence-corrected chi connectivity index (χ2v) is 12.1. The minimum atomic E-state index is 0.616. The third kappa shape index (κ3) is 4.55. The molecule has 0 N–H and O–H groups in total. The van der Waals surface area contributed by atoms with Crippen molar-refractivity contribution in [1.82, 2.24) is 19.9 Å². The highest BCUT2D eigenvalue weighted by Gasteiger charge is 2.20. The summed E-state index contributed by atoms with van der Waals surface area (Å²) in [5.41, 5.74) is 7.54. The van der Waals surface area contributed by atoms with Crippen molar-refractivity contribution in [2.75, 3.05) is 0 Å². The van der Waals surface area contributed by atoms with Crippen LogP contribution in [-0.4, -0.2) is 19.9 Å². The predicted octanol–water partition coefficient (Wildman–Crippen LogP) is 10.7. The molecule has 0 radical (unpaired) electrons. The van der Waals surface area contributed by atoms with Gasteiger partial charge in [-0.1, -0.05) is 115 Å². The summed E-state index contributed by atoms with van der Waals surface area (Å²) in [4.78, 5) is 19.8. The van der Waals surface area contributed by atoms with Crippen LogP contribution in [0.2, 0.25) is 0 Å². The Morgan fingerprint density at radius 1 is 0.457 bits per heavy atom. The lowest BCUT2D eigenvalue weighted by Crippen LogP contribution is -2.00. The fourth-order valence-electron chi connectivity index (χ4n) is 5.95. The van der Waals surface area contributed by atoms with Gasteiger partial charge >= 0.3 is 0 Å². The fourth-order valence-corrected chi connectivity index (χ4v) is 7.19. The molecule has 0 saturated carbocycles. The number of oxazole rings is 1. The van der Waals surface area contributed by atoms with Gasteiger partial charge in [0, 0.05) is 48.0 Å². The summed E-state index contributed by atoms with van der Waals surface area (Å²) in [5, 5.41) is 2.25. The first-order valence-electron chi connectivity index (χ1n) is 15.1. The lowest BCUT2D eigenvalue weighted by Gasteiger charge is -2.10. The largest absolute Gasteiger partial charge is 0.435 e. The van der Waals surface area contributed by atoms with Gasteiger partial charge in [-0.05, 0) is 35.9 Å². The van der Waals surface area contributed by atoms with E-state index in [0.717, 1.165) is 54.6 Å². The molecule has 0 bridgehead atoms. The van der Waals surface area contributed by atoms with Gasteiger partial charge in [0.2, 0.25) is 5.89 Å². The van der Waals surface area contributed by atoms with Gasteiger partial charge in [-0.25, -0.2) is 19.9 Å². The monoisotopic (exact) mass is 608 g/mol. The topological polar surface area (TPSA) is 64.7 Å². The molecule has 0 aliphatic rings. The summed E-state index contributed by atoms with van der Waals surface area (Å²) in [5.74, 6) is 2.51. The van der Waals surface area contributed by atoms with E-state index in [2.05, 4.69) is 54.6 Å². The average molecular weight is 609 g/mol. The summed E-state index contributed by atoms with van der Waals surface area (Å²) in [6.45, 7) is 0. The van der Waals surface area contributed by atoms with Crippen molar-refractivity contribution < 1.29 is 4.42 Å². The second-order valence-electron chi connectivity index (χ2n) is 11.1. The van der Waals surface area contributed by atoms with Crippen LogP contribution in [-0.2, 0) is 0 Å². The van der Waals surface area contributed by atoms with Crippen LogP contribution in [0.1, 0.15) is 0 Å². The third-order valence-corrected chi connectivity index (χ3v) is 9.36. The van der Waals surface area contributed by atoms with Crippen LogP contribution < -0.4 is 0 Å². The molecule has 0 unspecified atom stereocenters. The molecule has 46 heavy (non-hydrogen) atoms. The van der Waals surface area contributed by atoms with Gasteiger partial charge in [-0.15, -0.1) is 11.3 Å². The number of benzene rings is 6. The van der Waals surface area contributed by atoms with E-state index in [-0.39, 0.29) is 0 Å². The zero-order valence-corrected chi connectivity index (χ0v) is 25.3. The Bertz CT molecular complexity index is 2470. The maximum Gasteiger partial charge on any atom is 0.227 e. The van der Waals surface area contributed by atoms with Crippen molar-refractivity contribution >= 4 is 42.6 Å². The summed E-state index contributed by atoms with van der Waals surface area (Å²) < 4.78 is 8.86. The van der Waals surface area contributed by atoms with Crippen molar-refractivity contribution in [1.29, 1.82) is 0 Å². The summed E-state index contributed by atoms with van der Waals surface area (Å²) >= 11 is 1.78. The molecule has 5 nitrogen and oxygen atoms in total. The van der Waals surface area contributed by atoms with Crippen LogP contribution in [0, 0.1) is 0 Å². The molecule has 0 saturated heterocycles. The highest BCUT2D eigenvalue weighted by Crippen LogP contribution is 2.45. The first-order chi connectivity index (χ1) is 22.8. The molecule has 0 spiro atoms. The number of aromatic nitrogens is 4. The molecule has 6 aromatic carbocycles. The normalized spacial score (nSPS) is 11.5. The van der Waals surface area contributed by atoms with E-state index in [9.17, 15) is 0 Å². The molecule has 0 fully saturated rings. The Labute approximate surface area is 268 Å². The van der Waals surface area contributed by atoms with E-state index in [1.165, 1.54) is 10.1 Å². The maximum absolute atomic E-state index is 6.50. The zero-order valence-electron chi connectivity index (χ0n) is 24.5. The number of hydrogen-bond donors (Lipinski definition) is 0. The van der Waals surface area contributed by atoms with E-state index in [1.807, 2.05) is 91.0 Å². The lowest BCUT2D eigenvalue weighted by atomic mass is 9.99. The Hall–Kier alpha value is -5.98. The Kier molecular flexibility index (Phi) is 6.25. The van der Waals surface area contributed by atoms with Crippen molar-refractivity contribution in [2.45, 2.75) is 0 Å². The molecule has 3 heterocycles. The van der Waals surface area contributed by atoms with Gasteiger partial charge in [-0.2, -0.15) is 0 Å². The van der Waals surface area contributed by atoms with Crippen LogP contribution in [0.15, 0.2) is 150 Å². The van der Waals surface area contributed by atoms with E-state index in [1.54, 1.807) is 11.3 Å². The van der Waals surface area contributed by atoms with Crippen LogP contribution in [0.5, 0.6) is 0 Å². The van der Waals surface area contributed by atoms with Crippen LogP contribution in [0.25, 0.3) is 88.0 Å².